The summed E-state index contributed by atoms with van der Waals surface area (Å²) in [6.45, 7) is 0.357. The molecule has 1 aromatic heterocycles. The fourth-order valence-electron chi connectivity index (χ4n) is 1.68. The van der Waals surface area contributed by atoms with Gasteiger partial charge in [-0.1, -0.05) is 12.1 Å². The van der Waals surface area contributed by atoms with E-state index in [-0.39, 0.29) is 5.82 Å². The van der Waals surface area contributed by atoms with Crippen LogP contribution < -0.4 is 5.32 Å². The molecule has 5 heteroatoms. The monoisotopic (exact) mass is 248 g/mol. The molecule has 18 heavy (non-hydrogen) atoms. The molecular formula is C13H13FN2O2. The number of benzene rings is 1. The molecule has 94 valence electrons. The minimum Gasteiger partial charge on any atom is -0.480 e. The fraction of sp³-hybridized carbons (Fsp3) is 0.154. The highest BCUT2D eigenvalue weighted by Crippen LogP contribution is 2.12. The Kier molecular flexibility index (Phi) is 3.74. The summed E-state index contributed by atoms with van der Waals surface area (Å²) in [6.07, 6.45) is 1.67. The Hall–Kier alpha value is -2.14. The van der Waals surface area contributed by atoms with Crippen molar-refractivity contribution in [3.8, 4) is 0 Å². The summed E-state index contributed by atoms with van der Waals surface area (Å²) in [5.41, 5.74) is 1.42. The number of carbonyl (C=O) groups is 1. The Labute approximate surface area is 103 Å². The number of carboxylic acids is 1. The third kappa shape index (κ3) is 2.95. The minimum absolute atomic E-state index is 0.307. The largest absolute Gasteiger partial charge is 0.480 e. The van der Waals surface area contributed by atoms with Crippen LogP contribution in [0.15, 0.2) is 42.6 Å². The second-order valence-electron chi connectivity index (χ2n) is 3.90. The van der Waals surface area contributed by atoms with E-state index in [0.29, 0.717) is 12.2 Å². The van der Waals surface area contributed by atoms with Crippen molar-refractivity contribution in [3.05, 3.63) is 59.7 Å². The third-order valence-corrected chi connectivity index (χ3v) is 2.60. The van der Waals surface area contributed by atoms with Gasteiger partial charge in [-0.05, 0) is 29.8 Å². The van der Waals surface area contributed by atoms with Crippen LogP contribution in [-0.2, 0) is 11.3 Å². The molecule has 1 aromatic carbocycles. The normalized spacial score (nSPS) is 12.3. The highest BCUT2D eigenvalue weighted by Gasteiger charge is 2.19. The molecule has 0 saturated heterocycles. The van der Waals surface area contributed by atoms with Crippen molar-refractivity contribution >= 4 is 5.97 Å². The van der Waals surface area contributed by atoms with E-state index in [1.807, 2.05) is 0 Å². The predicted molar refractivity (Wildman–Crippen MR) is 64.4 cm³/mol. The molecule has 4 nitrogen and oxygen atoms in total. The molecule has 2 aromatic rings. The zero-order valence-electron chi connectivity index (χ0n) is 9.56. The van der Waals surface area contributed by atoms with Crippen molar-refractivity contribution < 1.29 is 14.3 Å². The van der Waals surface area contributed by atoms with Gasteiger partial charge >= 0.3 is 5.97 Å². The molecule has 0 amide bonds. The van der Waals surface area contributed by atoms with Crippen molar-refractivity contribution in [1.29, 1.82) is 0 Å². The Morgan fingerprint density at radius 2 is 2.06 bits per heavy atom. The van der Waals surface area contributed by atoms with Crippen LogP contribution in [0.1, 0.15) is 17.3 Å². The number of hydrogen-bond acceptors (Lipinski definition) is 2. The van der Waals surface area contributed by atoms with Crippen LogP contribution in [0, 0.1) is 5.82 Å². The van der Waals surface area contributed by atoms with Crippen LogP contribution in [0.2, 0.25) is 0 Å². The first-order valence-electron chi connectivity index (χ1n) is 5.51. The van der Waals surface area contributed by atoms with E-state index in [4.69, 9.17) is 5.11 Å². The van der Waals surface area contributed by atoms with Crippen LogP contribution in [0.25, 0.3) is 0 Å². The van der Waals surface area contributed by atoms with E-state index in [1.165, 1.54) is 12.1 Å². The number of carboxylic acid groups (broad SMARTS) is 1. The fourth-order valence-corrected chi connectivity index (χ4v) is 1.68. The first-order chi connectivity index (χ1) is 8.66. The van der Waals surface area contributed by atoms with Gasteiger partial charge in [0.25, 0.3) is 0 Å². The summed E-state index contributed by atoms with van der Waals surface area (Å²) >= 11 is 0. The van der Waals surface area contributed by atoms with Gasteiger partial charge in [0.1, 0.15) is 11.9 Å². The second kappa shape index (κ2) is 5.46. The molecule has 1 atom stereocenters. The first-order valence-corrected chi connectivity index (χ1v) is 5.51. The smallest absolute Gasteiger partial charge is 0.326 e. The van der Waals surface area contributed by atoms with E-state index in [1.54, 1.807) is 30.5 Å². The topological polar surface area (TPSA) is 65.1 Å². The van der Waals surface area contributed by atoms with Crippen LogP contribution in [0.4, 0.5) is 4.39 Å². The SMILES string of the molecule is O=C(O)C(NCc1ccc(F)cc1)c1ccc[nH]1. The highest BCUT2D eigenvalue weighted by atomic mass is 19.1. The van der Waals surface area contributed by atoms with Gasteiger partial charge in [-0.2, -0.15) is 0 Å². The molecule has 0 aliphatic rings. The first kappa shape index (κ1) is 12.3. The van der Waals surface area contributed by atoms with Crippen molar-refractivity contribution in [2.24, 2.45) is 0 Å². The maximum Gasteiger partial charge on any atom is 0.326 e. The lowest BCUT2D eigenvalue weighted by molar-refractivity contribution is -0.139. The summed E-state index contributed by atoms with van der Waals surface area (Å²) in [6, 6.07) is 8.58. The maximum absolute atomic E-state index is 12.7. The summed E-state index contributed by atoms with van der Waals surface area (Å²) < 4.78 is 12.7. The minimum atomic E-state index is -0.959. The lowest BCUT2D eigenvalue weighted by Gasteiger charge is -2.13. The molecule has 2 rings (SSSR count). The van der Waals surface area contributed by atoms with Crippen LogP contribution in [0.5, 0.6) is 0 Å². The molecule has 0 radical (unpaired) electrons. The number of rotatable bonds is 5. The Bertz CT molecular complexity index is 508. The number of aliphatic carboxylic acids is 1. The van der Waals surface area contributed by atoms with Crippen molar-refractivity contribution in [3.63, 3.8) is 0 Å². The zero-order chi connectivity index (χ0) is 13.0. The van der Waals surface area contributed by atoms with E-state index in [9.17, 15) is 9.18 Å². The van der Waals surface area contributed by atoms with Crippen molar-refractivity contribution in [2.45, 2.75) is 12.6 Å². The van der Waals surface area contributed by atoms with E-state index in [0.717, 1.165) is 5.56 Å². The van der Waals surface area contributed by atoms with Crippen LogP contribution in [0.3, 0.4) is 0 Å². The van der Waals surface area contributed by atoms with Gasteiger partial charge in [0, 0.05) is 18.4 Å². The third-order valence-electron chi connectivity index (χ3n) is 2.60. The molecule has 0 aliphatic heterocycles. The second-order valence-corrected chi connectivity index (χ2v) is 3.90. The van der Waals surface area contributed by atoms with Gasteiger partial charge in [0.05, 0.1) is 0 Å². The Balaban J connectivity index is 2.02. The van der Waals surface area contributed by atoms with Gasteiger partial charge in [-0.3, -0.25) is 10.1 Å². The number of halogens is 1. The number of aromatic amines is 1. The Morgan fingerprint density at radius 1 is 1.33 bits per heavy atom. The zero-order valence-corrected chi connectivity index (χ0v) is 9.56. The lowest BCUT2D eigenvalue weighted by atomic mass is 10.1. The summed E-state index contributed by atoms with van der Waals surface area (Å²) in [7, 11) is 0. The van der Waals surface area contributed by atoms with Crippen LogP contribution in [-0.4, -0.2) is 16.1 Å². The molecule has 0 saturated carbocycles. The number of nitrogens with one attached hydrogen (secondary N) is 2. The van der Waals surface area contributed by atoms with Crippen molar-refractivity contribution in [1.82, 2.24) is 10.3 Å². The molecule has 0 fully saturated rings. The highest BCUT2D eigenvalue weighted by molar-refractivity contribution is 5.74. The lowest BCUT2D eigenvalue weighted by Crippen LogP contribution is -2.28. The standard InChI is InChI=1S/C13H13FN2O2/c14-10-5-3-9(4-6-10)8-16-12(13(17)18)11-2-1-7-15-11/h1-7,12,15-16H,8H2,(H,17,18). The summed E-state index contributed by atoms with van der Waals surface area (Å²) in [5.74, 6) is -1.27. The maximum atomic E-state index is 12.7. The van der Waals surface area contributed by atoms with Gasteiger partial charge in [0.15, 0.2) is 0 Å². The van der Waals surface area contributed by atoms with Crippen LogP contribution >= 0.6 is 0 Å². The van der Waals surface area contributed by atoms with Crippen molar-refractivity contribution in [2.75, 3.05) is 0 Å². The predicted octanol–water partition coefficient (Wildman–Crippen LogP) is 2.07. The molecule has 1 heterocycles. The van der Waals surface area contributed by atoms with Gasteiger partial charge in [-0.25, -0.2) is 4.39 Å². The number of hydrogen-bond donors (Lipinski definition) is 3. The van der Waals surface area contributed by atoms with Gasteiger partial charge < -0.3 is 10.1 Å². The molecule has 0 aliphatic carbocycles. The molecule has 3 N–H and O–H groups in total. The molecule has 0 spiro atoms. The summed E-state index contributed by atoms with van der Waals surface area (Å²) in [4.78, 5) is 14.0. The quantitative estimate of drug-likeness (QED) is 0.759. The number of aromatic nitrogens is 1. The molecular weight excluding hydrogens is 235 g/mol. The van der Waals surface area contributed by atoms with Gasteiger partial charge in [-0.15, -0.1) is 0 Å². The Morgan fingerprint density at radius 3 is 2.61 bits per heavy atom. The van der Waals surface area contributed by atoms with Gasteiger partial charge in [0.2, 0.25) is 0 Å². The molecule has 0 bridgehead atoms. The average molecular weight is 248 g/mol. The average Bonchev–Trinajstić information content (AvgIpc) is 2.85. The molecule has 1 unspecified atom stereocenters. The van der Waals surface area contributed by atoms with E-state index >= 15 is 0 Å². The summed E-state index contributed by atoms with van der Waals surface area (Å²) in [5, 5.41) is 12.0. The number of H-pyrrole nitrogens is 1. The van der Waals surface area contributed by atoms with E-state index < -0.39 is 12.0 Å². The van der Waals surface area contributed by atoms with E-state index in [2.05, 4.69) is 10.3 Å².